The van der Waals surface area contributed by atoms with Crippen molar-refractivity contribution in [3.63, 3.8) is 0 Å². The maximum Gasteiger partial charge on any atom is 0.324 e. The highest BCUT2D eigenvalue weighted by molar-refractivity contribution is 7.85. The number of aryl methyl sites for hydroxylation is 2. The summed E-state index contributed by atoms with van der Waals surface area (Å²) < 4.78 is 55.8. The Morgan fingerprint density at radius 2 is 1.52 bits per heavy atom. The van der Waals surface area contributed by atoms with E-state index in [1.54, 1.807) is 16.8 Å². The van der Waals surface area contributed by atoms with Gasteiger partial charge in [0.05, 0.1) is 29.0 Å². The van der Waals surface area contributed by atoms with Gasteiger partial charge in [0.15, 0.2) is 0 Å². The fraction of sp³-hybridized carbons (Fsp3) is 0.333. The van der Waals surface area contributed by atoms with Crippen molar-refractivity contribution >= 4 is 39.4 Å². The Labute approximate surface area is 277 Å². The van der Waals surface area contributed by atoms with Gasteiger partial charge in [0.2, 0.25) is 0 Å². The smallest absolute Gasteiger partial charge is 0.324 e. The lowest BCUT2D eigenvalue weighted by Crippen LogP contribution is -2.49. The van der Waals surface area contributed by atoms with E-state index in [2.05, 4.69) is 22.5 Å². The molecular weight excluding hydrogens is 644 g/mol. The molecule has 2 aromatic heterocycles. The molecule has 0 unspecified atom stereocenters. The van der Waals surface area contributed by atoms with E-state index in [4.69, 9.17) is 9.65 Å². The van der Waals surface area contributed by atoms with Crippen molar-refractivity contribution in [2.75, 3.05) is 48.0 Å². The van der Waals surface area contributed by atoms with E-state index in [0.29, 0.717) is 55.5 Å². The second-order valence-corrected chi connectivity index (χ2v) is 13.7. The number of carbonyl (C=O) groups is 2. The minimum Gasteiger partial charge on any atom is -0.353 e. The third kappa shape index (κ3) is 8.33. The van der Waals surface area contributed by atoms with Gasteiger partial charge in [0.25, 0.3) is 16.0 Å². The lowest BCUT2D eigenvalue weighted by atomic mass is 10.1. The minimum absolute atomic E-state index is 0.0336. The van der Waals surface area contributed by atoms with Crippen LogP contribution in [0, 0.1) is 25.5 Å². The molecule has 0 bridgehead atoms. The van der Waals surface area contributed by atoms with Crippen LogP contribution in [-0.4, -0.2) is 77.0 Å². The van der Waals surface area contributed by atoms with Crippen LogP contribution in [0.1, 0.15) is 47.1 Å². The van der Waals surface area contributed by atoms with E-state index in [0.717, 1.165) is 41.9 Å². The largest absolute Gasteiger partial charge is 0.353 e. The van der Waals surface area contributed by atoms with E-state index < -0.39 is 39.3 Å². The van der Waals surface area contributed by atoms with Crippen LogP contribution in [0.25, 0.3) is 5.69 Å². The summed E-state index contributed by atoms with van der Waals surface area (Å²) >= 11 is 0. The fourth-order valence-corrected chi connectivity index (χ4v) is 5.22. The number of amides is 3. The van der Waals surface area contributed by atoms with Gasteiger partial charge in [0, 0.05) is 37.7 Å². The van der Waals surface area contributed by atoms with Gasteiger partial charge in [-0.05, 0) is 63.1 Å². The average Bonchev–Trinajstić information content (AvgIpc) is 3.63. The lowest BCUT2D eigenvalue weighted by molar-refractivity contribution is 0.0736. The SMILES string of the molecule is CS(=O)(=O)O.Cc1ccc(-n2nc(C3(C)CC3)cc2NC(=O)Nc2ccc(N3CCN(C(=O)c4c(F)cccc4F)CC3)nc2C)cc1. The average molecular weight is 682 g/mol. The topological polar surface area (TPSA) is 150 Å². The van der Waals surface area contributed by atoms with Gasteiger partial charge in [-0.2, -0.15) is 13.5 Å². The van der Waals surface area contributed by atoms with E-state index >= 15 is 0 Å². The van der Waals surface area contributed by atoms with E-state index in [-0.39, 0.29) is 5.41 Å². The monoisotopic (exact) mass is 681 g/mol. The van der Waals surface area contributed by atoms with Crippen molar-refractivity contribution in [2.24, 2.45) is 0 Å². The normalized spacial score (nSPS) is 15.3. The number of piperazine rings is 1. The second kappa shape index (κ2) is 13.7. The molecule has 3 amide bonds. The van der Waals surface area contributed by atoms with Crippen molar-refractivity contribution in [1.82, 2.24) is 19.7 Å². The summed E-state index contributed by atoms with van der Waals surface area (Å²) in [4.78, 5) is 34.0. The van der Waals surface area contributed by atoms with Crippen molar-refractivity contribution in [1.29, 1.82) is 0 Å². The zero-order valence-corrected chi connectivity index (χ0v) is 27.8. The van der Waals surface area contributed by atoms with Crippen LogP contribution in [0.5, 0.6) is 0 Å². The predicted octanol–water partition coefficient (Wildman–Crippen LogP) is 5.32. The number of hydrogen-bond acceptors (Lipinski definition) is 7. The molecule has 1 aliphatic carbocycles. The van der Waals surface area contributed by atoms with Crippen LogP contribution in [-0.2, 0) is 15.5 Å². The molecule has 254 valence electrons. The molecule has 2 aliphatic rings. The van der Waals surface area contributed by atoms with Crippen LogP contribution in [0.4, 0.5) is 30.9 Å². The molecule has 48 heavy (non-hydrogen) atoms. The van der Waals surface area contributed by atoms with E-state index in [1.165, 1.54) is 11.0 Å². The number of rotatable bonds is 6. The predicted molar refractivity (Wildman–Crippen MR) is 178 cm³/mol. The summed E-state index contributed by atoms with van der Waals surface area (Å²) in [6.45, 7) is 7.50. The molecule has 0 atom stereocenters. The van der Waals surface area contributed by atoms with Gasteiger partial charge in [-0.3, -0.25) is 14.7 Å². The summed E-state index contributed by atoms with van der Waals surface area (Å²) in [6, 6.07) is 16.5. The maximum atomic E-state index is 14.1. The standard InChI is InChI=1S/C32H33F2N7O2.CH4O3S/c1-20-7-9-22(10-8-20)41-28(19-26(38-41)32(3)13-14-32)37-31(43)36-25-11-12-27(35-21(25)2)39-15-17-40(18-16-39)30(42)29-23(33)5-4-6-24(29)34;1-5(2,3)4/h4-12,19H,13-18H2,1-3H3,(H2,36,37,43);1H3,(H,2,3,4). The molecule has 4 aromatic rings. The number of urea groups is 1. The number of nitrogens with one attached hydrogen (secondary N) is 2. The number of pyridine rings is 1. The Morgan fingerprint density at radius 3 is 2.08 bits per heavy atom. The van der Waals surface area contributed by atoms with Crippen LogP contribution < -0.4 is 15.5 Å². The highest BCUT2D eigenvalue weighted by Gasteiger charge is 2.42. The quantitative estimate of drug-likeness (QED) is 0.232. The molecule has 12 nitrogen and oxygen atoms in total. The molecule has 3 N–H and O–H groups in total. The van der Waals surface area contributed by atoms with Gasteiger partial charge < -0.3 is 15.1 Å². The van der Waals surface area contributed by atoms with Crippen LogP contribution in [0.3, 0.4) is 0 Å². The number of aromatic nitrogens is 3. The van der Waals surface area contributed by atoms with Gasteiger partial charge in [0.1, 0.15) is 28.8 Å². The van der Waals surface area contributed by atoms with E-state index in [1.807, 2.05) is 49.1 Å². The highest BCUT2D eigenvalue weighted by Crippen LogP contribution is 2.47. The van der Waals surface area contributed by atoms with Crippen molar-refractivity contribution in [2.45, 2.75) is 39.0 Å². The highest BCUT2D eigenvalue weighted by atomic mass is 32.2. The fourth-order valence-electron chi connectivity index (χ4n) is 5.22. The van der Waals surface area contributed by atoms with Crippen molar-refractivity contribution in [3.8, 4) is 5.69 Å². The van der Waals surface area contributed by atoms with Gasteiger partial charge in [-0.1, -0.05) is 30.7 Å². The Bertz CT molecular complexity index is 1910. The minimum atomic E-state index is -3.67. The summed E-state index contributed by atoms with van der Waals surface area (Å²) in [7, 11) is -3.67. The second-order valence-electron chi connectivity index (χ2n) is 12.2. The van der Waals surface area contributed by atoms with Gasteiger partial charge in [-0.15, -0.1) is 0 Å². The Hall–Kier alpha value is -4.89. The first kappa shape index (κ1) is 34.4. The third-order valence-electron chi connectivity index (χ3n) is 8.23. The molecule has 0 radical (unpaired) electrons. The molecule has 3 heterocycles. The Balaban J connectivity index is 0.000000840. The van der Waals surface area contributed by atoms with Crippen LogP contribution >= 0.6 is 0 Å². The number of hydrogen-bond donors (Lipinski definition) is 3. The number of benzene rings is 2. The Morgan fingerprint density at radius 1 is 0.917 bits per heavy atom. The molecule has 1 saturated carbocycles. The summed E-state index contributed by atoms with van der Waals surface area (Å²) in [5.74, 6) is -1.13. The first-order valence-corrected chi connectivity index (χ1v) is 17.1. The van der Waals surface area contributed by atoms with E-state index in [9.17, 15) is 26.8 Å². The van der Waals surface area contributed by atoms with Gasteiger partial charge in [-0.25, -0.2) is 23.2 Å². The van der Waals surface area contributed by atoms with Crippen molar-refractivity contribution < 1.29 is 31.3 Å². The number of halogens is 2. The van der Waals surface area contributed by atoms with Crippen molar-refractivity contribution in [3.05, 3.63) is 94.8 Å². The number of carbonyl (C=O) groups excluding carboxylic acids is 2. The van der Waals surface area contributed by atoms with Crippen LogP contribution in [0.15, 0.2) is 60.7 Å². The number of nitrogens with zero attached hydrogens (tertiary/aromatic N) is 5. The lowest BCUT2D eigenvalue weighted by Gasteiger charge is -2.35. The van der Waals surface area contributed by atoms with Crippen LogP contribution in [0.2, 0.25) is 0 Å². The summed E-state index contributed by atoms with van der Waals surface area (Å²) in [5, 5.41) is 10.7. The summed E-state index contributed by atoms with van der Waals surface area (Å²) in [5.41, 5.74) is 3.63. The first-order chi connectivity index (χ1) is 22.6. The zero-order valence-electron chi connectivity index (χ0n) is 27.0. The molecular formula is C33H37F2N7O5S. The molecule has 1 aliphatic heterocycles. The molecule has 0 spiro atoms. The Kier molecular flexibility index (Phi) is 9.82. The molecule has 2 fully saturated rings. The summed E-state index contributed by atoms with van der Waals surface area (Å²) in [6.07, 6.45) is 2.85. The zero-order chi connectivity index (χ0) is 34.8. The molecule has 2 aromatic carbocycles. The van der Waals surface area contributed by atoms with Gasteiger partial charge >= 0.3 is 6.03 Å². The molecule has 15 heteroatoms. The third-order valence-corrected chi connectivity index (χ3v) is 8.23. The maximum absolute atomic E-state index is 14.1. The number of anilines is 3. The molecule has 1 saturated heterocycles. The molecule has 6 rings (SSSR count). The first-order valence-electron chi connectivity index (χ1n) is 15.3.